The van der Waals surface area contributed by atoms with Crippen molar-refractivity contribution in [3.05, 3.63) is 35.5 Å². The molecule has 0 bridgehead atoms. The van der Waals surface area contributed by atoms with Crippen molar-refractivity contribution < 1.29 is 27.8 Å². The largest absolute Gasteiger partial charge is 0.465 e. The molecule has 0 aliphatic carbocycles. The molecule has 5 nitrogen and oxygen atoms in total. The van der Waals surface area contributed by atoms with E-state index in [1.165, 1.54) is 18.2 Å². The van der Waals surface area contributed by atoms with Crippen molar-refractivity contribution in [2.24, 2.45) is 0 Å². The van der Waals surface area contributed by atoms with Gasteiger partial charge < -0.3 is 9.47 Å². The predicted molar refractivity (Wildman–Crippen MR) is 79.9 cm³/mol. The number of hydrogen-bond acceptors (Lipinski definition) is 4. The van der Waals surface area contributed by atoms with E-state index in [1.54, 1.807) is 20.8 Å². The summed E-state index contributed by atoms with van der Waals surface area (Å²) in [6.45, 7) is 5.01. The van der Waals surface area contributed by atoms with Gasteiger partial charge in [-0.05, 0) is 32.9 Å². The molecule has 2 aromatic rings. The molecule has 0 radical (unpaired) electrons. The van der Waals surface area contributed by atoms with E-state index in [2.05, 4.69) is 4.74 Å². The first-order valence-corrected chi connectivity index (χ1v) is 6.89. The first kappa shape index (κ1) is 16.9. The van der Waals surface area contributed by atoms with Crippen LogP contribution >= 0.6 is 0 Å². The number of benzene rings is 1. The highest BCUT2D eigenvalue weighted by Crippen LogP contribution is 2.33. The Hall–Kier alpha value is -2.44. The fraction of sp³-hybridized carbons (Fsp3) is 0.375. The van der Waals surface area contributed by atoms with Crippen molar-refractivity contribution in [2.45, 2.75) is 32.8 Å². The van der Waals surface area contributed by atoms with Crippen LogP contribution in [0.3, 0.4) is 0 Å². The van der Waals surface area contributed by atoms with Crippen LogP contribution in [0.4, 0.5) is 13.6 Å². The first-order chi connectivity index (χ1) is 10.7. The van der Waals surface area contributed by atoms with Crippen LogP contribution in [-0.4, -0.2) is 29.3 Å². The van der Waals surface area contributed by atoms with E-state index in [-0.39, 0.29) is 16.5 Å². The molecule has 0 fully saturated rings. The lowest BCUT2D eigenvalue weighted by molar-refractivity contribution is 0.0541. The van der Waals surface area contributed by atoms with Crippen LogP contribution in [0.15, 0.2) is 24.4 Å². The van der Waals surface area contributed by atoms with Gasteiger partial charge in [0.05, 0.1) is 18.2 Å². The maximum absolute atomic E-state index is 13.3. The van der Waals surface area contributed by atoms with E-state index in [9.17, 15) is 18.4 Å². The molecule has 0 N–H and O–H groups in total. The van der Waals surface area contributed by atoms with E-state index >= 15 is 0 Å². The normalized spacial score (nSPS) is 11.8. The Morgan fingerprint density at radius 3 is 2.39 bits per heavy atom. The predicted octanol–water partition coefficient (Wildman–Crippen LogP) is 4.15. The van der Waals surface area contributed by atoms with Crippen LogP contribution in [0.2, 0.25) is 0 Å². The summed E-state index contributed by atoms with van der Waals surface area (Å²) in [6.07, 6.45) is -2.65. The molecular weight excluding hydrogens is 308 g/mol. The van der Waals surface area contributed by atoms with Gasteiger partial charge >= 0.3 is 12.1 Å². The van der Waals surface area contributed by atoms with Crippen molar-refractivity contribution >= 4 is 23.0 Å². The molecule has 124 valence electrons. The van der Waals surface area contributed by atoms with Crippen LogP contribution in [0.5, 0.6) is 0 Å². The molecule has 0 saturated carbocycles. The molecule has 23 heavy (non-hydrogen) atoms. The molecule has 1 aromatic heterocycles. The highest BCUT2D eigenvalue weighted by Gasteiger charge is 2.26. The molecule has 0 spiro atoms. The van der Waals surface area contributed by atoms with E-state index in [1.807, 2.05) is 0 Å². The van der Waals surface area contributed by atoms with Gasteiger partial charge in [-0.25, -0.2) is 18.4 Å². The van der Waals surface area contributed by atoms with Crippen molar-refractivity contribution in [2.75, 3.05) is 7.11 Å². The topological polar surface area (TPSA) is 57.5 Å². The Balaban J connectivity index is 2.69. The highest BCUT2D eigenvalue weighted by molar-refractivity contribution is 6.07. The van der Waals surface area contributed by atoms with E-state index in [0.29, 0.717) is 0 Å². The Bertz CT molecular complexity index is 759. The molecule has 0 unspecified atom stereocenters. The summed E-state index contributed by atoms with van der Waals surface area (Å²) >= 11 is 0. The third kappa shape index (κ3) is 3.33. The molecule has 0 aliphatic rings. The van der Waals surface area contributed by atoms with Gasteiger partial charge in [0.15, 0.2) is 0 Å². The van der Waals surface area contributed by atoms with Gasteiger partial charge in [-0.2, -0.15) is 0 Å². The summed E-state index contributed by atoms with van der Waals surface area (Å²) in [7, 11) is 1.16. The van der Waals surface area contributed by atoms with Crippen molar-refractivity contribution in [3.63, 3.8) is 0 Å². The number of carbonyl (C=O) groups is 2. The van der Waals surface area contributed by atoms with Crippen molar-refractivity contribution in [1.29, 1.82) is 0 Å². The second-order valence-corrected chi connectivity index (χ2v) is 5.93. The Morgan fingerprint density at radius 2 is 1.87 bits per heavy atom. The van der Waals surface area contributed by atoms with E-state index in [0.717, 1.165) is 17.9 Å². The molecule has 0 saturated heterocycles. The maximum atomic E-state index is 13.3. The lowest BCUT2D eigenvalue weighted by Crippen LogP contribution is -2.26. The monoisotopic (exact) mass is 325 g/mol. The number of esters is 1. The van der Waals surface area contributed by atoms with Gasteiger partial charge in [0.1, 0.15) is 5.60 Å². The van der Waals surface area contributed by atoms with Crippen molar-refractivity contribution in [3.8, 4) is 0 Å². The first-order valence-electron chi connectivity index (χ1n) is 6.89. The number of hydrogen-bond donors (Lipinski definition) is 0. The minimum atomic E-state index is -2.85. The summed E-state index contributed by atoms with van der Waals surface area (Å²) < 4.78 is 37.5. The standard InChI is InChI=1S/C16H17F2NO4/c1-16(2,3)23-15(21)19-8-10(13(17)18)12-9(14(20)22-4)6-5-7-11(12)19/h5-8,13H,1-4H3. The number of methoxy groups -OCH3 is 1. The zero-order valence-electron chi connectivity index (χ0n) is 13.2. The number of fused-ring (bicyclic) bond motifs is 1. The Kier molecular flexibility index (Phi) is 4.40. The number of rotatable bonds is 2. The average Bonchev–Trinajstić information content (AvgIpc) is 2.84. The molecule has 1 aromatic carbocycles. The van der Waals surface area contributed by atoms with Gasteiger partial charge in [-0.3, -0.25) is 4.57 Å². The SMILES string of the molecule is COC(=O)c1cccc2c1c(C(F)F)cn2C(=O)OC(C)(C)C. The second-order valence-electron chi connectivity index (χ2n) is 5.93. The summed E-state index contributed by atoms with van der Waals surface area (Å²) in [4.78, 5) is 24.1. The zero-order valence-corrected chi connectivity index (χ0v) is 13.2. The molecular formula is C16H17F2NO4. The van der Waals surface area contributed by atoms with E-state index < -0.39 is 29.7 Å². The summed E-state index contributed by atoms with van der Waals surface area (Å²) in [5.74, 6) is -0.751. The van der Waals surface area contributed by atoms with Gasteiger partial charge in [0.2, 0.25) is 0 Å². The van der Waals surface area contributed by atoms with Gasteiger partial charge in [-0.15, -0.1) is 0 Å². The maximum Gasteiger partial charge on any atom is 0.419 e. The Labute approximate surface area is 131 Å². The molecule has 0 atom stereocenters. The van der Waals surface area contributed by atoms with Crippen LogP contribution in [0.1, 0.15) is 43.1 Å². The number of carbonyl (C=O) groups excluding carboxylic acids is 2. The van der Waals surface area contributed by atoms with Gasteiger partial charge in [-0.1, -0.05) is 6.07 Å². The molecule has 2 rings (SSSR count). The van der Waals surface area contributed by atoms with Crippen LogP contribution < -0.4 is 0 Å². The molecule has 1 heterocycles. The summed E-state index contributed by atoms with van der Waals surface area (Å²) in [6, 6.07) is 4.34. The lowest BCUT2D eigenvalue weighted by atomic mass is 10.1. The highest BCUT2D eigenvalue weighted by atomic mass is 19.3. The molecule has 0 amide bonds. The average molecular weight is 325 g/mol. The number of ether oxygens (including phenoxy) is 2. The fourth-order valence-electron chi connectivity index (χ4n) is 2.23. The quantitative estimate of drug-likeness (QED) is 0.778. The Morgan fingerprint density at radius 1 is 1.22 bits per heavy atom. The van der Waals surface area contributed by atoms with Gasteiger partial charge in [0, 0.05) is 17.1 Å². The minimum Gasteiger partial charge on any atom is -0.465 e. The third-order valence-electron chi connectivity index (χ3n) is 3.09. The van der Waals surface area contributed by atoms with E-state index in [4.69, 9.17) is 4.74 Å². The van der Waals surface area contributed by atoms with Gasteiger partial charge in [0.25, 0.3) is 6.43 Å². The fourth-order valence-corrected chi connectivity index (χ4v) is 2.23. The zero-order chi connectivity index (χ0) is 17.4. The summed E-state index contributed by atoms with van der Waals surface area (Å²) in [5, 5.41) is -0.0137. The number of alkyl halides is 2. The number of halogens is 2. The number of aromatic nitrogens is 1. The van der Waals surface area contributed by atoms with Crippen molar-refractivity contribution in [1.82, 2.24) is 4.57 Å². The minimum absolute atomic E-state index is 0.0137. The van der Waals surface area contributed by atoms with Crippen LogP contribution in [0, 0.1) is 0 Å². The number of nitrogens with zero attached hydrogens (tertiary/aromatic N) is 1. The third-order valence-corrected chi connectivity index (χ3v) is 3.09. The van der Waals surface area contributed by atoms with Crippen LogP contribution in [-0.2, 0) is 9.47 Å². The smallest absolute Gasteiger partial charge is 0.419 e. The second kappa shape index (κ2) is 5.98. The molecule has 7 heteroatoms. The lowest BCUT2D eigenvalue weighted by Gasteiger charge is -2.19. The summed E-state index contributed by atoms with van der Waals surface area (Å²) in [5.41, 5.74) is -1.06. The van der Waals surface area contributed by atoms with Crippen LogP contribution in [0.25, 0.3) is 10.9 Å². The molecule has 0 aliphatic heterocycles.